The summed E-state index contributed by atoms with van der Waals surface area (Å²) in [4.78, 5) is 15.8. The van der Waals surface area contributed by atoms with Crippen molar-refractivity contribution in [3.8, 4) is 5.75 Å². The Balaban J connectivity index is 1.87. The fourth-order valence-corrected chi connectivity index (χ4v) is 2.18. The van der Waals surface area contributed by atoms with Gasteiger partial charge < -0.3 is 21.5 Å². The Kier molecular flexibility index (Phi) is 5.64. The predicted molar refractivity (Wildman–Crippen MR) is 99.9 cm³/mol. The summed E-state index contributed by atoms with van der Waals surface area (Å²) in [6.07, 6.45) is -0.503. The van der Waals surface area contributed by atoms with Gasteiger partial charge in [-0.2, -0.15) is 0 Å². The normalized spacial score (nSPS) is 10.8. The zero-order chi connectivity index (χ0) is 18.4. The maximum Gasteiger partial charge on any atom is 0.412 e. The van der Waals surface area contributed by atoms with Crippen LogP contribution in [0.4, 0.5) is 10.5 Å². The molecule has 0 aliphatic carbocycles. The van der Waals surface area contributed by atoms with Crippen LogP contribution in [0, 0.1) is 0 Å². The van der Waals surface area contributed by atoms with Gasteiger partial charge >= 0.3 is 6.09 Å². The summed E-state index contributed by atoms with van der Waals surface area (Å²) in [5.74, 6) is 0.514. The summed E-state index contributed by atoms with van der Waals surface area (Å²) < 4.78 is 5.28. The molecule has 0 spiro atoms. The summed E-state index contributed by atoms with van der Waals surface area (Å²) in [5.41, 5.74) is 13.5. The molecule has 0 aromatic heterocycles. The quantitative estimate of drug-likeness (QED) is 0.587. The van der Waals surface area contributed by atoms with E-state index in [1.165, 1.54) is 5.56 Å². The molecule has 2 rings (SSSR count). The van der Waals surface area contributed by atoms with E-state index >= 15 is 0 Å². The maximum atomic E-state index is 11.9. The molecule has 0 saturated heterocycles. The van der Waals surface area contributed by atoms with Crippen molar-refractivity contribution in [3.63, 3.8) is 0 Å². The number of nitrogens with one attached hydrogen (secondary N) is 1. The summed E-state index contributed by atoms with van der Waals surface area (Å²) in [5, 5.41) is 2.71. The van der Waals surface area contributed by atoms with E-state index in [9.17, 15) is 4.79 Å². The van der Waals surface area contributed by atoms with Crippen molar-refractivity contribution >= 4 is 17.7 Å². The highest BCUT2D eigenvalue weighted by Crippen LogP contribution is 2.24. The van der Waals surface area contributed by atoms with Gasteiger partial charge in [0, 0.05) is 6.54 Å². The number of rotatable bonds is 4. The summed E-state index contributed by atoms with van der Waals surface area (Å²) >= 11 is 0. The standard InChI is InChI=1S/C19H24N4O2/c1-19(2,3)14-6-10-16(11-7-14)25-18(24)22-12-13-4-8-15(9-5-13)23-17(20)21/h4-11H,12H2,1-3H3,(H,22,24)(H4,20,21,23). The number of hydrogen-bond acceptors (Lipinski definition) is 3. The molecule has 25 heavy (non-hydrogen) atoms. The SMILES string of the molecule is CC(C)(C)c1ccc(OC(=O)NCc2ccc(N=C(N)N)cc2)cc1. The van der Waals surface area contributed by atoms with E-state index in [1.807, 2.05) is 24.3 Å². The number of carbonyl (C=O) groups excluding carboxylic acids is 1. The topological polar surface area (TPSA) is 103 Å². The van der Waals surface area contributed by atoms with Gasteiger partial charge in [-0.05, 0) is 40.8 Å². The number of carbonyl (C=O) groups is 1. The predicted octanol–water partition coefficient (Wildman–Crippen LogP) is 3.18. The second kappa shape index (κ2) is 7.70. The first-order chi connectivity index (χ1) is 11.7. The first kappa shape index (κ1) is 18.3. The lowest BCUT2D eigenvalue weighted by atomic mass is 9.87. The molecule has 6 heteroatoms. The minimum Gasteiger partial charge on any atom is -0.410 e. The molecule has 0 radical (unpaired) electrons. The number of ether oxygens (including phenoxy) is 1. The molecule has 2 aromatic carbocycles. The maximum absolute atomic E-state index is 11.9. The molecule has 0 unspecified atom stereocenters. The summed E-state index contributed by atoms with van der Waals surface area (Å²) in [6.45, 7) is 6.75. The summed E-state index contributed by atoms with van der Waals surface area (Å²) in [6, 6.07) is 14.7. The van der Waals surface area contributed by atoms with E-state index in [2.05, 4.69) is 31.1 Å². The van der Waals surface area contributed by atoms with Crippen LogP contribution in [0.2, 0.25) is 0 Å². The Morgan fingerprint density at radius 3 is 2.16 bits per heavy atom. The molecule has 0 heterocycles. The molecule has 132 valence electrons. The van der Waals surface area contributed by atoms with Crippen LogP contribution in [0.25, 0.3) is 0 Å². The minimum atomic E-state index is -0.503. The van der Waals surface area contributed by atoms with Crippen LogP contribution in [0.5, 0.6) is 5.75 Å². The molecule has 5 N–H and O–H groups in total. The second-order valence-electron chi connectivity index (χ2n) is 6.72. The number of aliphatic imine (C=N–C) groups is 1. The molecule has 1 amide bonds. The van der Waals surface area contributed by atoms with Gasteiger partial charge in [0.15, 0.2) is 5.96 Å². The largest absolute Gasteiger partial charge is 0.412 e. The van der Waals surface area contributed by atoms with Gasteiger partial charge in [-0.25, -0.2) is 9.79 Å². The van der Waals surface area contributed by atoms with Crippen molar-refractivity contribution < 1.29 is 9.53 Å². The smallest absolute Gasteiger partial charge is 0.410 e. The fraction of sp³-hybridized carbons (Fsp3) is 0.263. The third-order valence-corrected chi connectivity index (χ3v) is 3.56. The van der Waals surface area contributed by atoms with Gasteiger partial charge in [-0.1, -0.05) is 45.0 Å². The Bertz CT molecular complexity index is 740. The Morgan fingerprint density at radius 2 is 1.64 bits per heavy atom. The highest BCUT2D eigenvalue weighted by atomic mass is 16.6. The third kappa shape index (κ3) is 5.84. The molecule has 2 aromatic rings. The van der Waals surface area contributed by atoms with Crippen molar-refractivity contribution in [1.82, 2.24) is 5.32 Å². The molecule has 0 fully saturated rings. The first-order valence-corrected chi connectivity index (χ1v) is 7.99. The average Bonchev–Trinajstić information content (AvgIpc) is 2.53. The Morgan fingerprint density at radius 1 is 1.04 bits per heavy atom. The molecule has 6 nitrogen and oxygen atoms in total. The number of benzene rings is 2. The Labute approximate surface area is 147 Å². The van der Waals surface area contributed by atoms with Crippen molar-refractivity contribution in [1.29, 1.82) is 0 Å². The van der Waals surface area contributed by atoms with E-state index in [-0.39, 0.29) is 11.4 Å². The molecule has 0 aliphatic rings. The van der Waals surface area contributed by atoms with E-state index < -0.39 is 6.09 Å². The average molecular weight is 340 g/mol. The fourth-order valence-electron chi connectivity index (χ4n) is 2.18. The van der Waals surface area contributed by atoms with E-state index in [0.29, 0.717) is 18.0 Å². The van der Waals surface area contributed by atoms with E-state index in [4.69, 9.17) is 16.2 Å². The van der Waals surface area contributed by atoms with Crippen LogP contribution >= 0.6 is 0 Å². The van der Waals surface area contributed by atoms with Crippen LogP contribution in [0.15, 0.2) is 53.5 Å². The zero-order valence-electron chi connectivity index (χ0n) is 14.7. The lowest BCUT2D eigenvalue weighted by Gasteiger charge is -2.19. The monoisotopic (exact) mass is 340 g/mol. The number of amides is 1. The number of guanidine groups is 1. The first-order valence-electron chi connectivity index (χ1n) is 7.99. The number of nitrogens with two attached hydrogens (primary N) is 2. The zero-order valence-corrected chi connectivity index (χ0v) is 14.7. The lowest BCUT2D eigenvalue weighted by Crippen LogP contribution is -2.26. The van der Waals surface area contributed by atoms with Crippen LogP contribution in [-0.4, -0.2) is 12.1 Å². The molecular formula is C19H24N4O2. The van der Waals surface area contributed by atoms with Gasteiger partial charge in [0.05, 0.1) is 5.69 Å². The van der Waals surface area contributed by atoms with Crippen LogP contribution < -0.4 is 21.5 Å². The van der Waals surface area contributed by atoms with E-state index in [1.54, 1.807) is 24.3 Å². The molecule has 0 atom stereocenters. The highest BCUT2D eigenvalue weighted by Gasteiger charge is 2.13. The van der Waals surface area contributed by atoms with Crippen molar-refractivity contribution in [2.75, 3.05) is 0 Å². The van der Waals surface area contributed by atoms with Crippen molar-refractivity contribution in [2.24, 2.45) is 16.5 Å². The third-order valence-electron chi connectivity index (χ3n) is 3.56. The highest BCUT2D eigenvalue weighted by molar-refractivity contribution is 5.79. The van der Waals surface area contributed by atoms with Gasteiger partial charge in [-0.3, -0.25) is 0 Å². The molecule has 0 bridgehead atoms. The molecule has 0 saturated carbocycles. The number of hydrogen-bond donors (Lipinski definition) is 3. The van der Waals surface area contributed by atoms with Crippen LogP contribution in [0.3, 0.4) is 0 Å². The van der Waals surface area contributed by atoms with Crippen LogP contribution in [-0.2, 0) is 12.0 Å². The van der Waals surface area contributed by atoms with E-state index in [0.717, 1.165) is 5.56 Å². The Hall–Kier alpha value is -3.02. The lowest BCUT2D eigenvalue weighted by molar-refractivity contribution is 0.200. The second-order valence-corrected chi connectivity index (χ2v) is 6.72. The van der Waals surface area contributed by atoms with Gasteiger partial charge in [0.2, 0.25) is 0 Å². The molecular weight excluding hydrogens is 316 g/mol. The number of nitrogens with zero attached hydrogens (tertiary/aromatic N) is 1. The minimum absolute atomic E-state index is 0.00642. The molecule has 0 aliphatic heterocycles. The van der Waals surface area contributed by atoms with Crippen molar-refractivity contribution in [2.45, 2.75) is 32.7 Å². The van der Waals surface area contributed by atoms with Gasteiger partial charge in [0.25, 0.3) is 0 Å². The van der Waals surface area contributed by atoms with Gasteiger partial charge in [0.1, 0.15) is 5.75 Å². The van der Waals surface area contributed by atoms with Crippen molar-refractivity contribution in [3.05, 3.63) is 59.7 Å². The summed E-state index contributed by atoms with van der Waals surface area (Å²) in [7, 11) is 0. The van der Waals surface area contributed by atoms with Crippen LogP contribution in [0.1, 0.15) is 31.9 Å². The van der Waals surface area contributed by atoms with Gasteiger partial charge in [-0.15, -0.1) is 0 Å².